The topological polar surface area (TPSA) is 47.6 Å². The van der Waals surface area contributed by atoms with Crippen LogP contribution in [-0.2, 0) is 16.1 Å². The summed E-state index contributed by atoms with van der Waals surface area (Å²) in [6.45, 7) is 7.15. The highest BCUT2D eigenvalue weighted by Gasteiger charge is 2.13. The summed E-state index contributed by atoms with van der Waals surface area (Å²) in [5.41, 5.74) is 0.864. The lowest BCUT2D eigenvalue weighted by atomic mass is 10.2. The van der Waals surface area contributed by atoms with Gasteiger partial charge < -0.3 is 14.8 Å². The molecular formula is C15H22ClNO3. The van der Waals surface area contributed by atoms with Crippen LogP contribution in [0.2, 0.25) is 5.02 Å². The molecule has 1 aromatic carbocycles. The Morgan fingerprint density at radius 1 is 1.40 bits per heavy atom. The van der Waals surface area contributed by atoms with Crippen LogP contribution in [0.5, 0.6) is 5.75 Å². The Morgan fingerprint density at radius 2 is 2.15 bits per heavy atom. The zero-order valence-corrected chi connectivity index (χ0v) is 13.0. The second-order valence-corrected chi connectivity index (χ2v) is 4.85. The lowest BCUT2D eigenvalue weighted by Crippen LogP contribution is -2.34. The Kier molecular flexibility index (Phi) is 7.41. The predicted molar refractivity (Wildman–Crippen MR) is 80.2 cm³/mol. The monoisotopic (exact) mass is 299 g/mol. The molecule has 1 amide bonds. The van der Waals surface area contributed by atoms with Gasteiger partial charge in [0.15, 0.2) is 0 Å². The van der Waals surface area contributed by atoms with Crippen molar-refractivity contribution in [1.29, 1.82) is 0 Å². The average Bonchev–Trinajstić information content (AvgIpc) is 2.44. The van der Waals surface area contributed by atoms with Crippen molar-refractivity contribution in [3.05, 3.63) is 28.8 Å². The highest BCUT2D eigenvalue weighted by molar-refractivity contribution is 6.30. The molecule has 0 fully saturated rings. The third-order valence-corrected chi connectivity index (χ3v) is 2.96. The second kappa shape index (κ2) is 8.82. The summed E-state index contributed by atoms with van der Waals surface area (Å²) in [4.78, 5) is 11.8. The largest absolute Gasteiger partial charge is 0.493 e. The van der Waals surface area contributed by atoms with E-state index in [-0.39, 0.29) is 5.91 Å². The van der Waals surface area contributed by atoms with Gasteiger partial charge in [0, 0.05) is 23.7 Å². The molecule has 0 aliphatic heterocycles. The zero-order valence-electron chi connectivity index (χ0n) is 12.2. The maximum atomic E-state index is 11.8. The Hall–Kier alpha value is -1.26. The van der Waals surface area contributed by atoms with Gasteiger partial charge in [-0.15, -0.1) is 0 Å². The van der Waals surface area contributed by atoms with Gasteiger partial charge in [0.1, 0.15) is 11.9 Å². The van der Waals surface area contributed by atoms with Crippen LogP contribution < -0.4 is 10.1 Å². The minimum atomic E-state index is -0.459. The normalized spacial score (nSPS) is 12.0. The molecule has 0 unspecified atom stereocenters. The lowest BCUT2D eigenvalue weighted by Gasteiger charge is -2.15. The van der Waals surface area contributed by atoms with E-state index in [1.807, 2.05) is 19.9 Å². The van der Waals surface area contributed by atoms with Crippen LogP contribution in [-0.4, -0.2) is 25.2 Å². The Bertz CT molecular complexity index is 437. The van der Waals surface area contributed by atoms with Gasteiger partial charge >= 0.3 is 0 Å². The van der Waals surface area contributed by atoms with E-state index in [2.05, 4.69) is 5.32 Å². The number of hydrogen-bond donors (Lipinski definition) is 1. The molecule has 1 aromatic rings. The molecule has 0 saturated heterocycles. The average molecular weight is 300 g/mol. The van der Waals surface area contributed by atoms with Crippen molar-refractivity contribution in [3.8, 4) is 5.75 Å². The van der Waals surface area contributed by atoms with Gasteiger partial charge in [0.2, 0.25) is 5.91 Å². The SMILES string of the molecule is CCCOc1ccc(Cl)cc1CNC(=O)[C@H](C)OCC. The van der Waals surface area contributed by atoms with Crippen LogP contribution in [0.15, 0.2) is 18.2 Å². The standard InChI is InChI=1S/C15H22ClNO3/c1-4-8-20-14-7-6-13(16)9-12(14)10-17-15(18)11(3)19-5-2/h6-7,9,11H,4-5,8,10H2,1-3H3,(H,17,18)/t11-/m0/s1. The number of rotatable bonds is 8. The van der Waals surface area contributed by atoms with Crippen molar-refractivity contribution in [2.45, 2.75) is 39.8 Å². The quantitative estimate of drug-likeness (QED) is 0.802. The number of carbonyl (C=O) groups is 1. The van der Waals surface area contributed by atoms with Gasteiger partial charge in [-0.2, -0.15) is 0 Å². The van der Waals surface area contributed by atoms with Crippen LogP contribution in [0, 0.1) is 0 Å². The summed E-state index contributed by atoms with van der Waals surface area (Å²) < 4.78 is 10.9. The van der Waals surface area contributed by atoms with Crippen molar-refractivity contribution in [2.24, 2.45) is 0 Å². The number of ether oxygens (including phenoxy) is 2. The molecule has 0 spiro atoms. The first-order valence-electron chi connectivity index (χ1n) is 6.89. The lowest BCUT2D eigenvalue weighted by molar-refractivity contribution is -0.131. The van der Waals surface area contributed by atoms with Crippen LogP contribution in [0.25, 0.3) is 0 Å². The summed E-state index contributed by atoms with van der Waals surface area (Å²) in [7, 11) is 0. The third-order valence-electron chi connectivity index (χ3n) is 2.72. The van der Waals surface area contributed by atoms with Gasteiger partial charge in [-0.05, 0) is 38.5 Å². The zero-order chi connectivity index (χ0) is 15.0. The van der Waals surface area contributed by atoms with Crippen LogP contribution in [0.4, 0.5) is 0 Å². The first kappa shape index (κ1) is 16.8. The second-order valence-electron chi connectivity index (χ2n) is 4.42. The predicted octanol–water partition coefficient (Wildman–Crippen LogP) is 3.17. The van der Waals surface area contributed by atoms with E-state index in [1.54, 1.807) is 19.1 Å². The minimum absolute atomic E-state index is 0.145. The highest BCUT2D eigenvalue weighted by atomic mass is 35.5. The molecule has 0 bridgehead atoms. The molecule has 0 heterocycles. The van der Waals surface area contributed by atoms with E-state index >= 15 is 0 Å². The molecule has 0 saturated carbocycles. The van der Waals surface area contributed by atoms with Crippen LogP contribution >= 0.6 is 11.6 Å². The maximum Gasteiger partial charge on any atom is 0.249 e. The van der Waals surface area contributed by atoms with Gasteiger partial charge in [-0.3, -0.25) is 4.79 Å². The number of nitrogens with one attached hydrogen (secondary N) is 1. The van der Waals surface area contributed by atoms with Crippen molar-refractivity contribution in [3.63, 3.8) is 0 Å². The van der Waals surface area contributed by atoms with E-state index in [0.717, 1.165) is 17.7 Å². The van der Waals surface area contributed by atoms with Crippen molar-refractivity contribution in [1.82, 2.24) is 5.32 Å². The molecule has 20 heavy (non-hydrogen) atoms. The summed E-state index contributed by atoms with van der Waals surface area (Å²) in [6.07, 6.45) is 0.467. The third kappa shape index (κ3) is 5.39. The number of hydrogen-bond acceptors (Lipinski definition) is 3. The Morgan fingerprint density at radius 3 is 2.80 bits per heavy atom. The first-order valence-corrected chi connectivity index (χ1v) is 7.26. The van der Waals surface area contributed by atoms with Crippen molar-refractivity contribution < 1.29 is 14.3 Å². The molecule has 0 aromatic heterocycles. The number of benzene rings is 1. The Balaban J connectivity index is 2.65. The summed E-state index contributed by atoms with van der Waals surface area (Å²) in [5.74, 6) is 0.605. The summed E-state index contributed by atoms with van der Waals surface area (Å²) in [5, 5.41) is 3.45. The maximum absolute atomic E-state index is 11.8. The molecule has 1 N–H and O–H groups in total. The van der Waals surface area contributed by atoms with E-state index < -0.39 is 6.10 Å². The van der Waals surface area contributed by atoms with Crippen LogP contribution in [0.3, 0.4) is 0 Å². The molecule has 0 aliphatic carbocycles. The Labute approximate surface area is 125 Å². The summed E-state index contributed by atoms with van der Waals surface area (Å²) in [6, 6.07) is 5.41. The van der Waals surface area contributed by atoms with Gasteiger partial charge in [-0.1, -0.05) is 18.5 Å². The van der Waals surface area contributed by atoms with Crippen molar-refractivity contribution in [2.75, 3.05) is 13.2 Å². The fourth-order valence-electron chi connectivity index (χ4n) is 1.69. The van der Waals surface area contributed by atoms with E-state index in [0.29, 0.717) is 24.8 Å². The first-order chi connectivity index (χ1) is 9.58. The number of halogens is 1. The molecular weight excluding hydrogens is 278 g/mol. The molecule has 0 aliphatic rings. The molecule has 0 radical (unpaired) electrons. The highest BCUT2D eigenvalue weighted by Crippen LogP contribution is 2.23. The van der Waals surface area contributed by atoms with E-state index in [4.69, 9.17) is 21.1 Å². The summed E-state index contributed by atoms with van der Waals surface area (Å²) >= 11 is 5.99. The fourth-order valence-corrected chi connectivity index (χ4v) is 1.89. The molecule has 1 atom stereocenters. The molecule has 4 nitrogen and oxygen atoms in total. The number of carbonyl (C=O) groups excluding carboxylic acids is 1. The van der Waals surface area contributed by atoms with Gasteiger partial charge in [0.05, 0.1) is 6.61 Å². The molecule has 1 rings (SSSR count). The van der Waals surface area contributed by atoms with E-state index in [9.17, 15) is 4.79 Å². The molecule has 5 heteroatoms. The van der Waals surface area contributed by atoms with E-state index in [1.165, 1.54) is 0 Å². The van der Waals surface area contributed by atoms with Gasteiger partial charge in [0.25, 0.3) is 0 Å². The minimum Gasteiger partial charge on any atom is -0.493 e. The smallest absolute Gasteiger partial charge is 0.249 e. The van der Waals surface area contributed by atoms with Crippen LogP contribution in [0.1, 0.15) is 32.8 Å². The number of amides is 1. The van der Waals surface area contributed by atoms with Crippen molar-refractivity contribution >= 4 is 17.5 Å². The van der Waals surface area contributed by atoms with Gasteiger partial charge in [-0.25, -0.2) is 0 Å². The fraction of sp³-hybridized carbons (Fsp3) is 0.533. The molecule has 112 valence electrons.